The summed E-state index contributed by atoms with van der Waals surface area (Å²) in [6.07, 6.45) is 3.23. The fourth-order valence-electron chi connectivity index (χ4n) is 1.91. The molecule has 0 spiro atoms. The van der Waals surface area contributed by atoms with Crippen LogP contribution in [-0.2, 0) is 4.79 Å². The number of hydrogen-bond donors (Lipinski definition) is 1. The van der Waals surface area contributed by atoms with Crippen LogP contribution in [0.2, 0.25) is 0 Å². The van der Waals surface area contributed by atoms with Gasteiger partial charge in [0.1, 0.15) is 0 Å². The molecule has 0 aliphatic rings. The van der Waals surface area contributed by atoms with Crippen molar-refractivity contribution in [3.63, 3.8) is 0 Å². The lowest BCUT2D eigenvalue weighted by molar-refractivity contribution is -0.114. The molecule has 0 atom stereocenters. The molecule has 0 saturated carbocycles. The monoisotopic (exact) mass is 226 g/mol. The second-order valence-corrected chi connectivity index (χ2v) is 4.11. The summed E-state index contributed by atoms with van der Waals surface area (Å²) in [5.74, 6) is -0.0414. The van der Waals surface area contributed by atoms with Crippen LogP contribution in [0.4, 0.5) is 5.69 Å². The number of benzene rings is 2. The van der Waals surface area contributed by atoms with Crippen molar-refractivity contribution < 1.29 is 4.79 Å². The van der Waals surface area contributed by atoms with Crippen LogP contribution in [0.5, 0.6) is 0 Å². The van der Waals surface area contributed by atoms with E-state index >= 15 is 0 Å². The van der Waals surface area contributed by atoms with Crippen molar-refractivity contribution in [3.05, 3.63) is 48.4 Å². The van der Waals surface area contributed by atoms with Crippen molar-refractivity contribution in [2.45, 2.75) is 20.3 Å². The van der Waals surface area contributed by atoms with Crippen molar-refractivity contribution in [3.8, 4) is 0 Å². The molecule has 2 nitrogen and oxygen atoms in total. The lowest BCUT2D eigenvalue weighted by Gasteiger charge is -2.06. The summed E-state index contributed by atoms with van der Waals surface area (Å²) in [5, 5.41) is 5.13. The van der Waals surface area contributed by atoms with Gasteiger partial charge in [-0.3, -0.25) is 4.79 Å². The van der Waals surface area contributed by atoms with Gasteiger partial charge in [-0.05, 0) is 41.3 Å². The van der Waals surface area contributed by atoms with E-state index in [-0.39, 0.29) is 5.91 Å². The third-order valence-electron chi connectivity index (χ3n) is 2.62. The highest BCUT2D eigenvalue weighted by Crippen LogP contribution is 2.21. The number of amides is 1. The summed E-state index contributed by atoms with van der Waals surface area (Å²) < 4.78 is 0. The topological polar surface area (TPSA) is 29.1 Å². The predicted molar refractivity (Wildman–Crippen MR) is 71.9 cm³/mol. The number of nitrogens with one attached hydrogen (secondary N) is 1. The summed E-state index contributed by atoms with van der Waals surface area (Å²) in [5.41, 5.74) is 2.09. The maximum atomic E-state index is 11.0. The zero-order chi connectivity index (χ0) is 12.3. The Morgan fingerprint density at radius 3 is 2.59 bits per heavy atom. The van der Waals surface area contributed by atoms with Crippen LogP contribution in [0.15, 0.2) is 36.4 Å². The second-order valence-electron chi connectivity index (χ2n) is 4.11. The molecule has 2 rings (SSSR count). The summed E-state index contributed by atoms with van der Waals surface area (Å²) in [7, 11) is 0. The van der Waals surface area contributed by atoms with Crippen molar-refractivity contribution in [1.29, 1.82) is 0 Å². The first-order valence-corrected chi connectivity index (χ1v) is 5.83. The Morgan fingerprint density at radius 2 is 1.88 bits per heavy atom. The Morgan fingerprint density at radius 1 is 1.18 bits per heavy atom. The number of fused-ring (bicyclic) bond motifs is 1. The minimum Gasteiger partial charge on any atom is -0.326 e. The maximum Gasteiger partial charge on any atom is 0.221 e. The molecule has 2 aromatic carbocycles. The normalized spacial score (nSPS) is 10.5. The Labute approximate surface area is 102 Å². The fraction of sp³-hybridized carbons (Fsp3) is 0.200. The number of anilines is 1. The van der Waals surface area contributed by atoms with E-state index in [4.69, 9.17) is 0 Å². The van der Waals surface area contributed by atoms with Crippen molar-refractivity contribution in [2.24, 2.45) is 0 Å². The molecule has 0 heterocycles. The highest BCUT2D eigenvalue weighted by molar-refractivity contribution is 5.93. The van der Waals surface area contributed by atoms with Gasteiger partial charge in [0.05, 0.1) is 0 Å². The second kappa shape index (κ2) is 5.00. The predicted octanol–water partition coefficient (Wildman–Crippen LogP) is 3.76. The summed E-state index contributed by atoms with van der Waals surface area (Å²) >= 11 is 0. The van der Waals surface area contributed by atoms with Crippen LogP contribution >= 0.6 is 0 Å². The number of hydrogen-bond acceptors (Lipinski definition) is 1. The Kier molecular flexibility index (Phi) is 3.43. The van der Waals surface area contributed by atoms with Crippen LogP contribution in [0.1, 0.15) is 25.8 Å². The zero-order valence-electron chi connectivity index (χ0n) is 10.2. The van der Waals surface area contributed by atoms with E-state index in [0.29, 0.717) is 0 Å². The molecule has 0 aliphatic heterocycles. The van der Waals surface area contributed by atoms with Gasteiger partial charge in [-0.25, -0.2) is 0 Å². The third-order valence-corrected chi connectivity index (χ3v) is 2.62. The highest BCUT2D eigenvalue weighted by Gasteiger charge is 1.99. The van der Waals surface area contributed by atoms with E-state index in [1.807, 2.05) is 18.2 Å². The van der Waals surface area contributed by atoms with Gasteiger partial charge in [-0.1, -0.05) is 31.2 Å². The zero-order valence-corrected chi connectivity index (χ0v) is 10.2. The molecular formula is C15H16NO. The van der Waals surface area contributed by atoms with E-state index in [0.717, 1.165) is 17.5 Å². The number of rotatable bonds is 3. The highest BCUT2D eigenvalue weighted by atomic mass is 16.1. The molecule has 1 amide bonds. The first-order chi connectivity index (χ1) is 8.19. The van der Waals surface area contributed by atoms with Crippen molar-refractivity contribution >= 4 is 22.4 Å². The number of carbonyl (C=O) groups excluding carboxylic acids is 1. The van der Waals surface area contributed by atoms with Gasteiger partial charge in [0.2, 0.25) is 5.91 Å². The van der Waals surface area contributed by atoms with Crippen LogP contribution < -0.4 is 5.32 Å². The molecule has 2 aromatic rings. The number of carbonyl (C=O) groups is 1. The standard InChI is InChI=1S/C15H16NO/c1-3-4-12-5-6-14-10-15(16-11(2)17)8-7-13(14)9-12/h4-10H,3H2,1-2H3,(H,16,17). The minimum absolute atomic E-state index is 0.0414. The van der Waals surface area contributed by atoms with Crippen LogP contribution in [0, 0.1) is 6.42 Å². The smallest absolute Gasteiger partial charge is 0.221 e. The molecule has 0 aliphatic carbocycles. The van der Waals surface area contributed by atoms with E-state index in [1.165, 1.54) is 17.9 Å². The molecule has 0 aromatic heterocycles. The van der Waals surface area contributed by atoms with Crippen molar-refractivity contribution in [2.75, 3.05) is 5.32 Å². The molecule has 0 saturated heterocycles. The van der Waals surface area contributed by atoms with Gasteiger partial charge < -0.3 is 5.32 Å². The van der Waals surface area contributed by atoms with Gasteiger partial charge in [-0.15, -0.1) is 0 Å². The molecule has 1 N–H and O–H groups in total. The third kappa shape index (κ3) is 2.84. The Balaban J connectivity index is 2.36. The average Bonchev–Trinajstić information content (AvgIpc) is 2.29. The van der Waals surface area contributed by atoms with E-state index in [2.05, 4.69) is 36.9 Å². The lowest BCUT2D eigenvalue weighted by atomic mass is 10.0. The molecule has 87 valence electrons. The van der Waals surface area contributed by atoms with Gasteiger partial charge >= 0.3 is 0 Å². The SMILES string of the molecule is CC[CH]c1ccc2cc(NC(C)=O)ccc2c1. The fourth-order valence-corrected chi connectivity index (χ4v) is 1.91. The van der Waals surface area contributed by atoms with E-state index < -0.39 is 0 Å². The molecule has 17 heavy (non-hydrogen) atoms. The quantitative estimate of drug-likeness (QED) is 0.848. The minimum atomic E-state index is -0.0414. The van der Waals surface area contributed by atoms with Gasteiger partial charge in [-0.2, -0.15) is 0 Å². The Bertz CT molecular complexity index is 546. The van der Waals surface area contributed by atoms with Crippen LogP contribution in [0.3, 0.4) is 0 Å². The largest absolute Gasteiger partial charge is 0.326 e. The maximum absolute atomic E-state index is 11.0. The average molecular weight is 226 g/mol. The molecular weight excluding hydrogens is 210 g/mol. The van der Waals surface area contributed by atoms with Gasteiger partial charge in [0.25, 0.3) is 0 Å². The van der Waals surface area contributed by atoms with E-state index in [1.54, 1.807) is 0 Å². The molecule has 2 heteroatoms. The summed E-state index contributed by atoms with van der Waals surface area (Å²) in [4.78, 5) is 11.0. The van der Waals surface area contributed by atoms with Crippen LogP contribution in [-0.4, -0.2) is 5.91 Å². The molecule has 1 radical (unpaired) electrons. The summed E-state index contributed by atoms with van der Waals surface area (Å²) in [6, 6.07) is 12.3. The van der Waals surface area contributed by atoms with Gasteiger partial charge in [0, 0.05) is 12.6 Å². The van der Waals surface area contributed by atoms with Crippen molar-refractivity contribution in [1.82, 2.24) is 0 Å². The molecule has 0 fully saturated rings. The summed E-state index contributed by atoms with van der Waals surface area (Å²) in [6.45, 7) is 3.65. The van der Waals surface area contributed by atoms with Gasteiger partial charge in [0.15, 0.2) is 0 Å². The molecule has 0 bridgehead atoms. The first-order valence-electron chi connectivity index (χ1n) is 5.83. The lowest BCUT2D eigenvalue weighted by Crippen LogP contribution is -2.05. The van der Waals surface area contributed by atoms with Crippen LogP contribution in [0.25, 0.3) is 10.8 Å². The molecule has 0 unspecified atom stereocenters. The Hall–Kier alpha value is -1.83. The first kappa shape index (κ1) is 11.6. The van der Waals surface area contributed by atoms with E-state index in [9.17, 15) is 4.79 Å².